The van der Waals surface area contributed by atoms with Gasteiger partial charge in [-0.1, -0.05) is 91.8 Å². The molecule has 1 aliphatic heterocycles. The van der Waals surface area contributed by atoms with Crippen LogP contribution < -0.4 is 10.2 Å². The third-order valence-corrected chi connectivity index (χ3v) is 7.89. The normalized spacial score (nSPS) is 15.2. The van der Waals surface area contributed by atoms with Gasteiger partial charge in [-0.2, -0.15) is 0 Å². The van der Waals surface area contributed by atoms with Crippen molar-refractivity contribution in [3.8, 4) is 0 Å². The van der Waals surface area contributed by atoms with Gasteiger partial charge in [0.25, 0.3) is 5.91 Å². The summed E-state index contributed by atoms with van der Waals surface area (Å²) in [6.45, 7) is 10.9. The molecule has 1 atom stereocenters. The van der Waals surface area contributed by atoms with E-state index in [9.17, 15) is 4.79 Å². The summed E-state index contributed by atoms with van der Waals surface area (Å²) >= 11 is 7.92. The minimum atomic E-state index is -0.0412. The summed E-state index contributed by atoms with van der Waals surface area (Å²) in [5.41, 5.74) is 3.00. The zero-order valence-corrected chi connectivity index (χ0v) is 23.9. The summed E-state index contributed by atoms with van der Waals surface area (Å²) < 4.78 is 0. The lowest BCUT2D eigenvalue weighted by molar-refractivity contribution is 0.0930. The van der Waals surface area contributed by atoms with Gasteiger partial charge in [0.2, 0.25) is 0 Å². The van der Waals surface area contributed by atoms with Crippen LogP contribution in [0.2, 0.25) is 5.15 Å². The lowest BCUT2D eigenvalue weighted by atomic mass is 10.1. The summed E-state index contributed by atoms with van der Waals surface area (Å²) in [4.78, 5) is 26.4. The molecule has 1 N–H and O–H groups in total. The second kappa shape index (κ2) is 13.8. The monoisotopic (exact) mass is 549 g/mol. The second-order valence-electron chi connectivity index (χ2n) is 9.92. The van der Waals surface area contributed by atoms with Crippen LogP contribution in [0.15, 0.2) is 71.9 Å². The zero-order chi connectivity index (χ0) is 26.9. The summed E-state index contributed by atoms with van der Waals surface area (Å²) in [5.74, 6) is 1.92. The lowest BCUT2D eigenvalue weighted by Crippen LogP contribution is -2.46. The Morgan fingerprint density at radius 1 is 1.03 bits per heavy atom. The highest BCUT2D eigenvalue weighted by atomic mass is 35.5. The van der Waals surface area contributed by atoms with Crippen molar-refractivity contribution in [2.24, 2.45) is 5.92 Å². The van der Waals surface area contributed by atoms with Crippen molar-refractivity contribution in [1.82, 2.24) is 20.2 Å². The van der Waals surface area contributed by atoms with E-state index in [-0.39, 0.29) is 11.9 Å². The maximum absolute atomic E-state index is 12.4. The molecule has 3 aromatic rings. The molecule has 200 valence electrons. The Labute approximate surface area is 235 Å². The molecule has 4 rings (SSSR count). The van der Waals surface area contributed by atoms with Crippen LogP contribution in [-0.4, -0.2) is 59.5 Å². The van der Waals surface area contributed by atoms with Crippen LogP contribution >= 0.6 is 23.4 Å². The van der Waals surface area contributed by atoms with E-state index < -0.39 is 0 Å². The first kappa shape index (κ1) is 28.1. The van der Waals surface area contributed by atoms with Gasteiger partial charge in [0.15, 0.2) is 5.16 Å². The Morgan fingerprint density at radius 2 is 1.74 bits per heavy atom. The van der Waals surface area contributed by atoms with Gasteiger partial charge in [-0.25, -0.2) is 9.97 Å². The van der Waals surface area contributed by atoms with Crippen molar-refractivity contribution < 1.29 is 4.79 Å². The lowest BCUT2D eigenvalue weighted by Gasteiger charge is -2.35. The number of nitrogens with zero attached hydrogens (tertiary/aromatic N) is 4. The van der Waals surface area contributed by atoms with Crippen LogP contribution in [0.5, 0.6) is 0 Å². The molecule has 0 saturated carbocycles. The average molecular weight is 550 g/mol. The van der Waals surface area contributed by atoms with E-state index in [0.29, 0.717) is 27.5 Å². The molecule has 0 spiro atoms. The van der Waals surface area contributed by atoms with Gasteiger partial charge in [0, 0.05) is 56.1 Å². The quantitative estimate of drug-likeness (QED) is 0.189. The third kappa shape index (κ3) is 8.32. The van der Waals surface area contributed by atoms with E-state index in [1.54, 1.807) is 11.8 Å². The molecule has 2 heterocycles. The molecule has 2 aromatic carbocycles. The number of piperazine rings is 1. The van der Waals surface area contributed by atoms with Crippen LogP contribution in [0.1, 0.15) is 42.3 Å². The summed E-state index contributed by atoms with van der Waals surface area (Å²) in [6, 6.07) is 20.1. The minimum Gasteiger partial charge on any atom is -0.354 e. The number of hydrogen-bond acceptors (Lipinski definition) is 6. The van der Waals surface area contributed by atoms with Gasteiger partial charge in [0.05, 0.1) is 0 Å². The number of benzene rings is 2. The van der Waals surface area contributed by atoms with Crippen molar-refractivity contribution in [3.63, 3.8) is 0 Å². The number of thioether (sulfide) groups is 1. The van der Waals surface area contributed by atoms with Crippen LogP contribution in [0, 0.1) is 5.92 Å². The highest BCUT2D eigenvalue weighted by Crippen LogP contribution is 2.25. The topological polar surface area (TPSA) is 61.4 Å². The highest BCUT2D eigenvalue weighted by Gasteiger charge is 2.19. The van der Waals surface area contributed by atoms with Gasteiger partial charge in [-0.05, 0) is 36.1 Å². The Balaban J connectivity index is 1.28. The molecule has 0 aliphatic carbocycles. The fourth-order valence-electron chi connectivity index (χ4n) is 4.03. The molecule has 0 bridgehead atoms. The number of halogens is 1. The molecular formula is C30H36ClN5OS. The average Bonchev–Trinajstić information content (AvgIpc) is 2.93. The number of aromatic nitrogens is 2. The van der Waals surface area contributed by atoms with Crippen LogP contribution in [0.4, 0.5) is 5.82 Å². The van der Waals surface area contributed by atoms with Gasteiger partial charge in [-0.3, -0.25) is 9.69 Å². The summed E-state index contributed by atoms with van der Waals surface area (Å²) in [5, 5.41) is 4.16. The molecular weight excluding hydrogens is 514 g/mol. The molecule has 8 heteroatoms. The minimum absolute atomic E-state index is 0.0412. The molecule has 1 fully saturated rings. The van der Waals surface area contributed by atoms with E-state index in [2.05, 4.69) is 70.4 Å². The molecule has 0 radical (unpaired) electrons. The number of amides is 1. The number of carbonyl (C=O) groups is 1. The molecule has 1 aromatic heterocycles. The van der Waals surface area contributed by atoms with E-state index in [0.717, 1.165) is 44.1 Å². The highest BCUT2D eigenvalue weighted by molar-refractivity contribution is 7.98. The molecule has 6 nitrogen and oxygen atoms in total. The molecule has 1 saturated heterocycles. The van der Waals surface area contributed by atoms with Crippen molar-refractivity contribution in [1.29, 1.82) is 0 Å². The fourth-order valence-corrected chi connectivity index (χ4v) is 5.07. The first-order valence-electron chi connectivity index (χ1n) is 13.1. The van der Waals surface area contributed by atoms with Gasteiger partial charge in [0.1, 0.15) is 11.0 Å². The van der Waals surface area contributed by atoms with Crippen molar-refractivity contribution in [2.75, 3.05) is 37.6 Å². The van der Waals surface area contributed by atoms with Gasteiger partial charge < -0.3 is 10.2 Å². The largest absolute Gasteiger partial charge is 0.354 e. The summed E-state index contributed by atoms with van der Waals surface area (Å²) in [6.07, 6.45) is 4.40. The standard InChI is InChI=1S/C30H36ClN5OS/c1-22(2)23(3)32-29(37)26-13-11-25(12-14-26)21-38-30-33-27(31)20-28(34-30)36-18-16-35(17-19-36)15-7-10-24-8-5-4-6-9-24/h4-14,20,22-23H,15-19,21H2,1-3H3,(H,32,37)/b10-7+. The zero-order valence-electron chi connectivity index (χ0n) is 22.3. The Kier molecular flexibility index (Phi) is 10.2. The molecule has 1 aliphatic rings. The summed E-state index contributed by atoms with van der Waals surface area (Å²) in [7, 11) is 0. The first-order chi connectivity index (χ1) is 18.4. The predicted molar refractivity (Wildman–Crippen MR) is 159 cm³/mol. The van der Waals surface area contributed by atoms with Gasteiger partial charge >= 0.3 is 0 Å². The molecule has 1 amide bonds. The fraction of sp³-hybridized carbons (Fsp3) is 0.367. The Morgan fingerprint density at radius 3 is 2.42 bits per heavy atom. The van der Waals surface area contributed by atoms with Crippen LogP contribution in [-0.2, 0) is 5.75 Å². The van der Waals surface area contributed by atoms with E-state index in [1.165, 1.54) is 5.56 Å². The van der Waals surface area contributed by atoms with Gasteiger partial charge in [-0.15, -0.1) is 0 Å². The maximum atomic E-state index is 12.4. The van der Waals surface area contributed by atoms with Crippen molar-refractivity contribution >= 4 is 41.2 Å². The molecule has 1 unspecified atom stereocenters. The van der Waals surface area contributed by atoms with E-state index >= 15 is 0 Å². The number of hydrogen-bond donors (Lipinski definition) is 1. The third-order valence-electron chi connectivity index (χ3n) is 6.77. The Hall–Kier alpha value is -2.87. The first-order valence-corrected chi connectivity index (χ1v) is 14.5. The van der Waals surface area contributed by atoms with Crippen molar-refractivity contribution in [2.45, 2.75) is 37.7 Å². The van der Waals surface area contributed by atoms with E-state index in [4.69, 9.17) is 16.6 Å². The second-order valence-corrected chi connectivity index (χ2v) is 11.3. The van der Waals surface area contributed by atoms with Crippen LogP contribution in [0.3, 0.4) is 0 Å². The number of anilines is 1. The van der Waals surface area contributed by atoms with Crippen LogP contribution in [0.25, 0.3) is 6.08 Å². The SMILES string of the molecule is CC(C)C(C)NC(=O)c1ccc(CSc2nc(Cl)cc(N3CCN(C/C=C/c4ccccc4)CC3)n2)cc1. The maximum Gasteiger partial charge on any atom is 0.251 e. The number of carbonyl (C=O) groups excluding carboxylic acids is 1. The van der Waals surface area contributed by atoms with Crippen molar-refractivity contribution in [3.05, 3.63) is 88.6 Å². The number of nitrogens with one attached hydrogen (secondary N) is 1. The number of rotatable bonds is 10. The Bertz CT molecular complexity index is 1210. The smallest absolute Gasteiger partial charge is 0.251 e. The predicted octanol–water partition coefficient (Wildman–Crippen LogP) is 6.03. The molecule has 38 heavy (non-hydrogen) atoms. The van der Waals surface area contributed by atoms with E-state index in [1.807, 2.05) is 43.3 Å².